The maximum Gasteiger partial charge on any atom is 0.407 e. The molecule has 2 atom stereocenters. The van der Waals surface area contributed by atoms with Crippen molar-refractivity contribution in [3.63, 3.8) is 0 Å². The number of nitrogens with one attached hydrogen (secondary N) is 1. The van der Waals surface area contributed by atoms with Crippen LogP contribution in [0.4, 0.5) is 13.2 Å². The Balaban J connectivity index is 1.91. The number of aryl methyl sites for hydroxylation is 1. The molecule has 4 aromatic rings. The summed E-state index contributed by atoms with van der Waals surface area (Å²) >= 11 is 0. The van der Waals surface area contributed by atoms with Crippen molar-refractivity contribution in [1.82, 2.24) is 14.9 Å². The quantitative estimate of drug-likeness (QED) is 0.333. The highest BCUT2D eigenvalue weighted by Gasteiger charge is 2.42. The molecule has 0 amide bonds. The predicted octanol–water partition coefficient (Wildman–Crippen LogP) is 4.91. The molecule has 8 heteroatoms. The van der Waals surface area contributed by atoms with Crippen LogP contribution in [-0.4, -0.2) is 38.6 Å². The second kappa shape index (κ2) is 9.81. The van der Waals surface area contributed by atoms with Crippen LogP contribution in [0.5, 0.6) is 0 Å². The maximum atomic E-state index is 13.9. The predicted molar refractivity (Wildman–Crippen MR) is 129 cm³/mol. The van der Waals surface area contributed by atoms with Gasteiger partial charge < -0.3 is 14.8 Å². The topological polar surface area (TPSA) is 70.3 Å². The van der Waals surface area contributed by atoms with Crippen LogP contribution in [0.2, 0.25) is 0 Å². The summed E-state index contributed by atoms with van der Waals surface area (Å²) in [5.74, 6) is 0.324. The Kier molecular flexibility index (Phi) is 6.98. The minimum Gasteiger partial charge on any atom is -0.392 e. The van der Waals surface area contributed by atoms with Crippen LogP contribution in [0.15, 0.2) is 78.9 Å². The van der Waals surface area contributed by atoms with E-state index in [-0.39, 0.29) is 12.1 Å². The molecule has 3 aromatic carbocycles. The van der Waals surface area contributed by atoms with Crippen molar-refractivity contribution in [3.8, 4) is 0 Å². The van der Waals surface area contributed by atoms with Crippen molar-refractivity contribution in [2.45, 2.75) is 44.3 Å². The molecule has 4 rings (SSSR count). The molecule has 0 saturated heterocycles. The molecule has 1 aromatic heterocycles. The number of hydrogen-bond acceptors (Lipinski definition) is 4. The first-order chi connectivity index (χ1) is 16.7. The third-order valence-electron chi connectivity index (χ3n) is 6.07. The number of alkyl halides is 3. The number of hydrogen-bond donors (Lipinski definition) is 3. The Hall–Kier alpha value is -3.20. The van der Waals surface area contributed by atoms with E-state index >= 15 is 0 Å². The molecule has 5 nitrogen and oxygen atoms in total. The van der Waals surface area contributed by atoms with Gasteiger partial charge in [-0.05, 0) is 42.7 Å². The largest absolute Gasteiger partial charge is 0.407 e. The van der Waals surface area contributed by atoms with E-state index in [9.17, 15) is 23.4 Å². The fraction of sp³-hybridized carbons (Fsp3) is 0.296. The number of halogens is 3. The smallest absolute Gasteiger partial charge is 0.392 e. The molecule has 0 spiro atoms. The van der Waals surface area contributed by atoms with Gasteiger partial charge in [0.15, 0.2) is 11.4 Å². The van der Waals surface area contributed by atoms with Crippen molar-refractivity contribution >= 4 is 11.0 Å². The standard InChI is InChI=1S/C27H28F3N3O2/c1-3-33-23-16-19(24(27(28,29)30)31-17-18(2)34)14-15-22(23)32-25(33)26(35,20-10-6-4-7-11-20)21-12-8-5-9-13-21/h4-16,18,24,31,34-35H,3,17H2,1-2H3/t18-,24?/m1/s1. The lowest BCUT2D eigenvalue weighted by atomic mass is 9.85. The molecule has 184 valence electrons. The zero-order chi connectivity index (χ0) is 25.2. The lowest BCUT2D eigenvalue weighted by molar-refractivity contribution is -0.158. The first-order valence-corrected chi connectivity index (χ1v) is 11.5. The second-order valence-electron chi connectivity index (χ2n) is 8.60. The van der Waals surface area contributed by atoms with Crippen molar-refractivity contribution in [1.29, 1.82) is 0 Å². The van der Waals surface area contributed by atoms with E-state index < -0.39 is 23.9 Å². The van der Waals surface area contributed by atoms with E-state index in [0.717, 1.165) is 0 Å². The number of aromatic nitrogens is 2. The molecule has 0 aliphatic carbocycles. The van der Waals surface area contributed by atoms with Crippen LogP contribution in [0.25, 0.3) is 11.0 Å². The van der Waals surface area contributed by atoms with E-state index in [4.69, 9.17) is 4.98 Å². The van der Waals surface area contributed by atoms with Gasteiger partial charge in [0.25, 0.3) is 0 Å². The van der Waals surface area contributed by atoms with Crippen molar-refractivity contribution in [2.24, 2.45) is 0 Å². The van der Waals surface area contributed by atoms with Crippen molar-refractivity contribution in [3.05, 3.63) is 101 Å². The van der Waals surface area contributed by atoms with Gasteiger partial charge in [-0.1, -0.05) is 66.7 Å². The van der Waals surface area contributed by atoms with E-state index in [2.05, 4.69) is 5.32 Å². The lowest BCUT2D eigenvalue weighted by Crippen LogP contribution is -2.37. The summed E-state index contributed by atoms with van der Waals surface area (Å²) in [6.45, 7) is 3.47. The highest BCUT2D eigenvalue weighted by atomic mass is 19.4. The van der Waals surface area contributed by atoms with Crippen LogP contribution in [0, 0.1) is 0 Å². The van der Waals surface area contributed by atoms with Crippen molar-refractivity contribution < 1.29 is 23.4 Å². The first kappa shape index (κ1) is 24.9. The van der Waals surface area contributed by atoms with Gasteiger partial charge in [0.1, 0.15) is 6.04 Å². The molecule has 3 N–H and O–H groups in total. The monoisotopic (exact) mass is 483 g/mol. The molecular formula is C27H28F3N3O2. The number of aliphatic hydroxyl groups is 2. The summed E-state index contributed by atoms with van der Waals surface area (Å²) in [5, 5.41) is 24.1. The Morgan fingerprint density at radius 3 is 2.00 bits per heavy atom. The summed E-state index contributed by atoms with van der Waals surface area (Å²) in [4.78, 5) is 4.72. The summed E-state index contributed by atoms with van der Waals surface area (Å²) in [5.41, 5.74) is 0.554. The molecule has 0 radical (unpaired) electrons. The van der Waals surface area contributed by atoms with E-state index in [1.807, 2.05) is 43.3 Å². The Labute approximate surface area is 201 Å². The third-order valence-corrected chi connectivity index (χ3v) is 6.07. The van der Waals surface area contributed by atoms with E-state index in [1.54, 1.807) is 34.9 Å². The van der Waals surface area contributed by atoms with Crippen LogP contribution < -0.4 is 5.32 Å². The number of nitrogens with zero attached hydrogens (tertiary/aromatic N) is 2. The number of imidazole rings is 1. The number of fused-ring (bicyclic) bond motifs is 1. The summed E-state index contributed by atoms with van der Waals surface area (Å²) in [6.07, 6.45) is -5.49. The van der Waals surface area contributed by atoms with Gasteiger partial charge in [0.2, 0.25) is 0 Å². The Morgan fingerprint density at radius 2 is 1.51 bits per heavy atom. The normalized spacial score (nSPS) is 14.3. The molecule has 0 bridgehead atoms. The van der Waals surface area contributed by atoms with Crippen LogP contribution in [-0.2, 0) is 12.1 Å². The SMILES string of the molecule is CCn1c(C(O)(c2ccccc2)c2ccccc2)nc2ccc(C(NC[C@@H](C)O)C(F)(F)F)cc21. The minimum atomic E-state index is -4.56. The molecule has 0 aliphatic rings. The fourth-order valence-electron chi connectivity index (χ4n) is 4.41. The van der Waals surface area contributed by atoms with Gasteiger partial charge in [0, 0.05) is 13.1 Å². The minimum absolute atomic E-state index is 0.00904. The Morgan fingerprint density at radius 1 is 0.943 bits per heavy atom. The van der Waals surface area contributed by atoms with Crippen LogP contribution >= 0.6 is 0 Å². The number of benzene rings is 3. The van der Waals surface area contributed by atoms with E-state index in [0.29, 0.717) is 34.5 Å². The molecule has 0 saturated carbocycles. The van der Waals surface area contributed by atoms with Gasteiger partial charge in [-0.15, -0.1) is 0 Å². The third kappa shape index (κ3) is 4.82. The van der Waals surface area contributed by atoms with Crippen molar-refractivity contribution in [2.75, 3.05) is 6.54 Å². The number of rotatable bonds is 8. The summed E-state index contributed by atoms with van der Waals surface area (Å²) < 4.78 is 43.4. The zero-order valence-electron chi connectivity index (χ0n) is 19.5. The molecule has 1 heterocycles. The molecule has 0 fully saturated rings. The molecule has 0 aliphatic heterocycles. The van der Waals surface area contributed by atoms with Gasteiger partial charge in [0.05, 0.1) is 17.1 Å². The average molecular weight is 484 g/mol. The average Bonchev–Trinajstić information content (AvgIpc) is 3.22. The summed E-state index contributed by atoms with van der Waals surface area (Å²) in [7, 11) is 0. The second-order valence-corrected chi connectivity index (χ2v) is 8.60. The van der Waals surface area contributed by atoms with Gasteiger partial charge >= 0.3 is 6.18 Å². The highest BCUT2D eigenvalue weighted by molar-refractivity contribution is 5.78. The Bertz CT molecular complexity index is 1230. The first-order valence-electron chi connectivity index (χ1n) is 11.5. The molecular weight excluding hydrogens is 455 g/mol. The summed E-state index contributed by atoms with van der Waals surface area (Å²) in [6, 6.07) is 20.6. The van der Waals surface area contributed by atoms with Crippen LogP contribution in [0.3, 0.4) is 0 Å². The maximum absolute atomic E-state index is 13.9. The van der Waals surface area contributed by atoms with Gasteiger partial charge in [-0.25, -0.2) is 4.98 Å². The molecule has 35 heavy (non-hydrogen) atoms. The fourth-order valence-corrected chi connectivity index (χ4v) is 4.41. The van der Waals surface area contributed by atoms with Gasteiger partial charge in [-0.2, -0.15) is 13.2 Å². The van der Waals surface area contributed by atoms with Crippen LogP contribution in [0.1, 0.15) is 42.4 Å². The number of aliphatic hydroxyl groups excluding tert-OH is 1. The highest BCUT2D eigenvalue weighted by Crippen LogP contribution is 2.39. The van der Waals surface area contributed by atoms with E-state index in [1.165, 1.54) is 19.1 Å². The molecule has 1 unspecified atom stereocenters. The lowest BCUT2D eigenvalue weighted by Gasteiger charge is -2.29. The zero-order valence-corrected chi connectivity index (χ0v) is 19.5. The van der Waals surface area contributed by atoms with Gasteiger partial charge in [-0.3, -0.25) is 5.32 Å².